The zero-order valence-corrected chi connectivity index (χ0v) is 10.0. The summed E-state index contributed by atoms with van der Waals surface area (Å²) in [5.74, 6) is 0.640. The highest BCUT2D eigenvalue weighted by Gasteiger charge is 2.09. The van der Waals surface area contributed by atoms with Crippen LogP contribution >= 0.6 is 23.2 Å². The van der Waals surface area contributed by atoms with E-state index in [2.05, 4.69) is 18.9 Å². The van der Waals surface area contributed by atoms with Gasteiger partial charge >= 0.3 is 0 Å². The first kappa shape index (κ1) is 11.8. The number of nitrogens with zero attached hydrogens (tertiary/aromatic N) is 1. The molecule has 3 heteroatoms. The summed E-state index contributed by atoms with van der Waals surface area (Å²) in [6.45, 7) is 2.94. The van der Waals surface area contributed by atoms with Crippen LogP contribution in [0, 0.1) is 0 Å². The molecule has 0 aliphatic heterocycles. The Morgan fingerprint density at radius 1 is 1.36 bits per heavy atom. The third-order valence-electron chi connectivity index (χ3n) is 2.35. The average Bonchev–Trinajstić information content (AvgIpc) is 2.20. The molecule has 0 radical (unpaired) electrons. The van der Waals surface area contributed by atoms with E-state index >= 15 is 0 Å². The Labute approximate surface area is 95.6 Å². The molecular formula is C11H15Cl2N. The van der Waals surface area contributed by atoms with Crippen molar-refractivity contribution in [2.45, 2.75) is 19.5 Å². The van der Waals surface area contributed by atoms with Gasteiger partial charge in [0.15, 0.2) is 0 Å². The number of hydrogen-bond acceptors (Lipinski definition) is 1. The predicted molar refractivity (Wildman–Crippen MR) is 63.1 cm³/mol. The van der Waals surface area contributed by atoms with Crippen molar-refractivity contribution in [1.29, 1.82) is 0 Å². The molecule has 1 atom stereocenters. The number of alkyl halides is 1. The van der Waals surface area contributed by atoms with E-state index in [9.17, 15) is 0 Å². The molecule has 0 N–H and O–H groups in total. The number of rotatable bonds is 4. The van der Waals surface area contributed by atoms with E-state index in [0.29, 0.717) is 11.9 Å². The maximum atomic E-state index is 6.06. The highest BCUT2D eigenvalue weighted by Crippen LogP contribution is 2.17. The molecule has 1 nitrogen and oxygen atoms in total. The Hall–Kier alpha value is -0.240. The fourth-order valence-corrected chi connectivity index (χ4v) is 1.60. The van der Waals surface area contributed by atoms with Crippen LogP contribution in [0.5, 0.6) is 0 Å². The van der Waals surface area contributed by atoms with Crippen LogP contribution in [0.2, 0.25) is 5.02 Å². The van der Waals surface area contributed by atoms with Gasteiger partial charge in [-0.25, -0.2) is 0 Å². The molecule has 0 aliphatic rings. The second-order valence-corrected chi connectivity index (χ2v) is 4.23. The topological polar surface area (TPSA) is 3.24 Å². The zero-order chi connectivity index (χ0) is 10.6. The van der Waals surface area contributed by atoms with Gasteiger partial charge in [0.2, 0.25) is 0 Å². The van der Waals surface area contributed by atoms with E-state index in [-0.39, 0.29) is 0 Å². The smallest absolute Gasteiger partial charge is 0.0451 e. The second kappa shape index (κ2) is 5.59. The quantitative estimate of drug-likeness (QED) is 0.719. The minimum absolute atomic E-state index is 0.368. The molecule has 14 heavy (non-hydrogen) atoms. The van der Waals surface area contributed by atoms with Crippen molar-refractivity contribution < 1.29 is 0 Å². The Kier molecular flexibility index (Phi) is 4.73. The third-order valence-corrected chi connectivity index (χ3v) is 3.17. The van der Waals surface area contributed by atoms with E-state index in [1.54, 1.807) is 0 Å². The van der Waals surface area contributed by atoms with Gasteiger partial charge in [0, 0.05) is 23.5 Å². The Balaban J connectivity index is 2.64. The van der Waals surface area contributed by atoms with Gasteiger partial charge in [0.25, 0.3) is 0 Å². The zero-order valence-electron chi connectivity index (χ0n) is 8.50. The highest BCUT2D eigenvalue weighted by molar-refractivity contribution is 6.31. The minimum Gasteiger partial charge on any atom is -0.298 e. The lowest BCUT2D eigenvalue weighted by Gasteiger charge is -2.23. The van der Waals surface area contributed by atoms with Crippen LogP contribution in [0.25, 0.3) is 0 Å². The Morgan fingerprint density at radius 3 is 2.57 bits per heavy atom. The summed E-state index contributed by atoms with van der Waals surface area (Å²) in [6.07, 6.45) is 0. The lowest BCUT2D eigenvalue weighted by molar-refractivity contribution is 0.268. The maximum Gasteiger partial charge on any atom is 0.0451 e. The average molecular weight is 232 g/mol. The van der Waals surface area contributed by atoms with Crippen LogP contribution in [0.1, 0.15) is 12.5 Å². The Bertz CT molecular complexity index is 288. The van der Waals surface area contributed by atoms with E-state index in [1.807, 2.05) is 24.3 Å². The molecule has 0 aromatic heterocycles. The molecule has 78 valence electrons. The SMILES string of the molecule is CC(CCl)N(C)Cc1ccccc1Cl. The standard InChI is InChI=1S/C11H15Cl2N/c1-9(7-12)14(2)8-10-5-3-4-6-11(10)13/h3-6,9H,7-8H2,1-2H3. The normalized spacial score (nSPS) is 13.2. The highest BCUT2D eigenvalue weighted by atomic mass is 35.5. The molecular weight excluding hydrogens is 217 g/mol. The molecule has 0 saturated carbocycles. The van der Waals surface area contributed by atoms with Crippen LogP contribution in [0.3, 0.4) is 0 Å². The number of hydrogen-bond donors (Lipinski definition) is 0. The van der Waals surface area contributed by atoms with Gasteiger partial charge in [-0.1, -0.05) is 29.8 Å². The van der Waals surface area contributed by atoms with E-state index in [4.69, 9.17) is 23.2 Å². The van der Waals surface area contributed by atoms with Crippen molar-refractivity contribution in [2.75, 3.05) is 12.9 Å². The summed E-state index contributed by atoms with van der Waals surface area (Å²) in [4.78, 5) is 2.19. The summed E-state index contributed by atoms with van der Waals surface area (Å²) in [6, 6.07) is 8.26. The van der Waals surface area contributed by atoms with Gasteiger partial charge in [0.1, 0.15) is 0 Å². The molecule has 0 saturated heterocycles. The van der Waals surface area contributed by atoms with Crippen LogP contribution in [0.15, 0.2) is 24.3 Å². The summed E-state index contributed by atoms with van der Waals surface area (Å²) >= 11 is 11.8. The first-order valence-electron chi connectivity index (χ1n) is 4.64. The van der Waals surface area contributed by atoms with Crippen molar-refractivity contribution >= 4 is 23.2 Å². The van der Waals surface area contributed by atoms with Crippen LogP contribution in [-0.2, 0) is 6.54 Å². The summed E-state index contributed by atoms with van der Waals surface area (Å²) in [5.41, 5.74) is 1.15. The van der Waals surface area contributed by atoms with E-state index < -0.39 is 0 Å². The maximum absolute atomic E-state index is 6.06. The monoisotopic (exact) mass is 231 g/mol. The molecule has 0 fully saturated rings. The molecule has 0 aliphatic carbocycles. The lowest BCUT2D eigenvalue weighted by Crippen LogP contribution is -2.29. The van der Waals surface area contributed by atoms with Gasteiger partial charge in [-0.05, 0) is 25.6 Å². The van der Waals surface area contributed by atoms with Crippen molar-refractivity contribution in [2.24, 2.45) is 0 Å². The predicted octanol–water partition coefficient (Wildman–Crippen LogP) is 3.40. The molecule has 0 bridgehead atoms. The molecule has 1 aromatic carbocycles. The number of halogens is 2. The van der Waals surface area contributed by atoms with Gasteiger partial charge in [-0.2, -0.15) is 0 Å². The first-order chi connectivity index (χ1) is 6.65. The van der Waals surface area contributed by atoms with E-state index in [0.717, 1.165) is 17.1 Å². The van der Waals surface area contributed by atoms with Crippen molar-refractivity contribution in [3.05, 3.63) is 34.9 Å². The molecule has 1 aromatic rings. The second-order valence-electron chi connectivity index (χ2n) is 3.51. The van der Waals surface area contributed by atoms with E-state index in [1.165, 1.54) is 0 Å². The van der Waals surface area contributed by atoms with Gasteiger partial charge in [-0.15, -0.1) is 11.6 Å². The summed E-state index contributed by atoms with van der Waals surface area (Å²) < 4.78 is 0. The van der Waals surface area contributed by atoms with Crippen molar-refractivity contribution in [1.82, 2.24) is 4.90 Å². The summed E-state index contributed by atoms with van der Waals surface area (Å²) in [5, 5.41) is 0.820. The lowest BCUT2D eigenvalue weighted by atomic mass is 10.2. The van der Waals surface area contributed by atoms with Gasteiger partial charge < -0.3 is 0 Å². The van der Waals surface area contributed by atoms with Gasteiger partial charge in [0.05, 0.1) is 0 Å². The van der Waals surface area contributed by atoms with Crippen LogP contribution < -0.4 is 0 Å². The largest absolute Gasteiger partial charge is 0.298 e. The molecule has 0 amide bonds. The minimum atomic E-state index is 0.368. The summed E-state index contributed by atoms with van der Waals surface area (Å²) in [7, 11) is 2.05. The molecule has 0 heterocycles. The fraction of sp³-hybridized carbons (Fsp3) is 0.455. The van der Waals surface area contributed by atoms with Crippen molar-refractivity contribution in [3.63, 3.8) is 0 Å². The molecule has 1 unspecified atom stereocenters. The molecule has 1 rings (SSSR count). The van der Waals surface area contributed by atoms with Crippen LogP contribution in [-0.4, -0.2) is 23.9 Å². The third kappa shape index (κ3) is 3.16. The van der Waals surface area contributed by atoms with Crippen molar-refractivity contribution in [3.8, 4) is 0 Å². The molecule has 0 spiro atoms. The van der Waals surface area contributed by atoms with Gasteiger partial charge in [-0.3, -0.25) is 4.90 Å². The number of benzene rings is 1. The first-order valence-corrected chi connectivity index (χ1v) is 5.56. The fourth-order valence-electron chi connectivity index (χ4n) is 1.17. The Morgan fingerprint density at radius 2 is 2.00 bits per heavy atom. The van der Waals surface area contributed by atoms with Crippen LogP contribution in [0.4, 0.5) is 0 Å².